The van der Waals surface area contributed by atoms with Crippen LogP contribution >= 0.6 is 0 Å². The molecule has 2 heterocycles. The second kappa shape index (κ2) is 5.19. The van der Waals surface area contributed by atoms with Crippen molar-refractivity contribution in [3.05, 3.63) is 27.5 Å². The first-order chi connectivity index (χ1) is 9.43. The molecule has 0 aromatic carbocycles. The summed E-state index contributed by atoms with van der Waals surface area (Å²) in [6.45, 7) is 7.52. The van der Waals surface area contributed by atoms with E-state index < -0.39 is 4.92 Å². The van der Waals surface area contributed by atoms with Gasteiger partial charge in [-0.15, -0.1) is 5.10 Å². The first-order valence-corrected chi connectivity index (χ1v) is 6.11. The van der Waals surface area contributed by atoms with Crippen LogP contribution in [0.4, 0.5) is 11.6 Å². The lowest BCUT2D eigenvalue weighted by molar-refractivity contribution is -0.385. The molecule has 2 rings (SSSR count). The van der Waals surface area contributed by atoms with Crippen LogP contribution in [0.1, 0.15) is 24.3 Å². The van der Waals surface area contributed by atoms with Crippen molar-refractivity contribution in [3.8, 4) is 5.82 Å². The molecule has 0 bridgehead atoms. The molecular weight excluding hydrogens is 262 g/mol. The average Bonchev–Trinajstić information content (AvgIpc) is 2.67. The maximum atomic E-state index is 11.2. The smallest absolute Gasteiger partial charge is 0.334 e. The fraction of sp³-hybridized carbons (Fsp3) is 0.455. The summed E-state index contributed by atoms with van der Waals surface area (Å²) in [5.41, 5.74) is 0.114. The van der Waals surface area contributed by atoms with Crippen molar-refractivity contribution in [2.24, 2.45) is 0 Å². The molecule has 0 fully saturated rings. The van der Waals surface area contributed by atoms with Crippen LogP contribution in [-0.2, 0) is 0 Å². The molecule has 0 saturated heterocycles. The van der Waals surface area contributed by atoms with Crippen LogP contribution in [0.15, 0.2) is 0 Å². The van der Waals surface area contributed by atoms with Crippen LogP contribution in [0.25, 0.3) is 5.82 Å². The molecule has 0 spiro atoms. The van der Waals surface area contributed by atoms with Crippen molar-refractivity contribution in [2.75, 3.05) is 11.9 Å². The predicted molar refractivity (Wildman–Crippen MR) is 72.0 cm³/mol. The van der Waals surface area contributed by atoms with Gasteiger partial charge in [-0.05, 0) is 27.7 Å². The van der Waals surface area contributed by atoms with E-state index in [1.165, 1.54) is 4.68 Å². The second-order valence-electron chi connectivity index (χ2n) is 4.21. The van der Waals surface area contributed by atoms with E-state index in [9.17, 15) is 10.1 Å². The summed E-state index contributed by atoms with van der Waals surface area (Å²) in [5.74, 6) is 1.51. The van der Waals surface area contributed by atoms with Crippen molar-refractivity contribution in [1.82, 2.24) is 24.7 Å². The highest BCUT2D eigenvalue weighted by Gasteiger charge is 2.25. The van der Waals surface area contributed by atoms with Crippen LogP contribution in [-0.4, -0.2) is 36.2 Å². The molecule has 0 atom stereocenters. The summed E-state index contributed by atoms with van der Waals surface area (Å²) in [6.07, 6.45) is 0. The predicted octanol–water partition coefficient (Wildman–Crippen LogP) is 1.32. The van der Waals surface area contributed by atoms with Crippen molar-refractivity contribution < 1.29 is 4.92 Å². The summed E-state index contributed by atoms with van der Waals surface area (Å²) in [6, 6.07) is 0. The Hall–Kier alpha value is -2.58. The molecule has 106 valence electrons. The topological polar surface area (TPSA) is 112 Å². The Bertz CT molecular complexity index is 665. The van der Waals surface area contributed by atoms with Gasteiger partial charge in [0.15, 0.2) is 0 Å². The molecule has 0 amide bonds. The Balaban J connectivity index is 2.70. The zero-order chi connectivity index (χ0) is 14.9. The number of aryl methyl sites for hydroxylation is 3. The molecule has 1 N–H and O–H groups in total. The molecule has 0 aliphatic rings. The number of nitrogens with zero attached hydrogens (tertiary/aromatic N) is 6. The molecule has 0 aliphatic heterocycles. The third kappa shape index (κ3) is 2.42. The second-order valence-corrected chi connectivity index (χ2v) is 4.21. The molecule has 9 heteroatoms. The molecule has 0 saturated carbocycles. The normalized spacial score (nSPS) is 10.6. The number of hydrogen-bond donors (Lipinski definition) is 1. The molecule has 0 radical (unpaired) electrons. The third-order valence-electron chi connectivity index (χ3n) is 2.63. The van der Waals surface area contributed by atoms with Crippen molar-refractivity contribution >= 4 is 11.6 Å². The maximum absolute atomic E-state index is 11.2. The van der Waals surface area contributed by atoms with Gasteiger partial charge in [-0.2, -0.15) is 9.67 Å². The van der Waals surface area contributed by atoms with Gasteiger partial charge in [-0.1, -0.05) is 0 Å². The van der Waals surface area contributed by atoms with Crippen LogP contribution in [0.3, 0.4) is 0 Å². The average molecular weight is 277 g/mol. The molecule has 0 unspecified atom stereocenters. The van der Waals surface area contributed by atoms with E-state index >= 15 is 0 Å². The van der Waals surface area contributed by atoms with Crippen molar-refractivity contribution in [3.63, 3.8) is 0 Å². The number of rotatable bonds is 4. The van der Waals surface area contributed by atoms with Gasteiger partial charge in [-0.25, -0.2) is 9.97 Å². The van der Waals surface area contributed by atoms with E-state index in [4.69, 9.17) is 0 Å². The Kier molecular flexibility index (Phi) is 3.59. The van der Waals surface area contributed by atoms with Gasteiger partial charge in [0.25, 0.3) is 0 Å². The lowest BCUT2D eigenvalue weighted by atomic mass is 10.3. The number of nitro groups is 1. The fourth-order valence-electron chi connectivity index (χ4n) is 1.87. The van der Waals surface area contributed by atoms with E-state index in [0.717, 1.165) is 0 Å². The zero-order valence-corrected chi connectivity index (χ0v) is 11.7. The highest BCUT2D eigenvalue weighted by atomic mass is 16.6. The highest BCUT2D eigenvalue weighted by Crippen LogP contribution is 2.25. The van der Waals surface area contributed by atoms with Crippen LogP contribution < -0.4 is 5.32 Å². The first-order valence-electron chi connectivity index (χ1n) is 6.11. The van der Waals surface area contributed by atoms with Gasteiger partial charge >= 0.3 is 5.69 Å². The molecule has 9 nitrogen and oxygen atoms in total. The highest BCUT2D eigenvalue weighted by molar-refractivity contribution is 5.53. The Morgan fingerprint density at radius 1 is 1.25 bits per heavy atom. The molecule has 2 aromatic heterocycles. The van der Waals surface area contributed by atoms with Gasteiger partial charge in [0, 0.05) is 6.54 Å². The van der Waals surface area contributed by atoms with Crippen LogP contribution in [0.2, 0.25) is 0 Å². The maximum Gasteiger partial charge on any atom is 0.334 e. The number of hydrogen-bond acceptors (Lipinski definition) is 7. The zero-order valence-electron chi connectivity index (χ0n) is 11.7. The molecular formula is C11H15N7O2. The minimum atomic E-state index is -0.503. The van der Waals surface area contributed by atoms with E-state index in [1.54, 1.807) is 20.8 Å². The lowest BCUT2D eigenvalue weighted by Gasteiger charge is -2.08. The fourth-order valence-corrected chi connectivity index (χ4v) is 1.87. The van der Waals surface area contributed by atoms with E-state index in [-0.39, 0.29) is 17.2 Å². The first kappa shape index (κ1) is 13.8. The Morgan fingerprint density at radius 2 is 1.95 bits per heavy atom. The minimum Gasteiger partial charge on any atom is -0.354 e. The van der Waals surface area contributed by atoms with Gasteiger partial charge in [0.05, 0.1) is 4.92 Å². The number of aromatic nitrogens is 5. The third-order valence-corrected chi connectivity index (χ3v) is 2.63. The van der Waals surface area contributed by atoms with E-state index in [2.05, 4.69) is 25.4 Å². The van der Waals surface area contributed by atoms with E-state index in [1.807, 2.05) is 6.92 Å². The largest absolute Gasteiger partial charge is 0.354 e. The van der Waals surface area contributed by atoms with Crippen molar-refractivity contribution in [2.45, 2.75) is 27.7 Å². The monoisotopic (exact) mass is 277 g/mol. The molecule has 0 aliphatic carbocycles. The number of nitrogens with one attached hydrogen (secondary N) is 1. The van der Waals surface area contributed by atoms with Gasteiger partial charge in [0.2, 0.25) is 11.8 Å². The minimum absolute atomic E-state index is 0.122. The molecule has 2 aromatic rings. The van der Waals surface area contributed by atoms with Gasteiger partial charge < -0.3 is 5.32 Å². The summed E-state index contributed by atoms with van der Waals surface area (Å²) < 4.78 is 1.36. The summed E-state index contributed by atoms with van der Waals surface area (Å²) in [7, 11) is 0. The van der Waals surface area contributed by atoms with Crippen molar-refractivity contribution in [1.29, 1.82) is 0 Å². The van der Waals surface area contributed by atoms with Crippen LogP contribution in [0, 0.1) is 30.9 Å². The van der Waals surface area contributed by atoms with Gasteiger partial charge in [-0.3, -0.25) is 10.1 Å². The summed E-state index contributed by atoms with van der Waals surface area (Å²) >= 11 is 0. The van der Waals surface area contributed by atoms with Gasteiger partial charge in [0.1, 0.15) is 17.3 Å². The van der Waals surface area contributed by atoms with Crippen LogP contribution in [0.5, 0.6) is 0 Å². The quantitative estimate of drug-likeness (QED) is 0.662. The standard InChI is InChI=1S/C11H15N7O2/c1-5-12-11-13-6(2)9(18(19)20)10(15-11)17-8(4)14-7(3)16-17/h5H2,1-4H3,(H,12,13,15). The Labute approximate surface area is 115 Å². The summed E-state index contributed by atoms with van der Waals surface area (Å²) in [5, 5.41) is 18.3. The SMILES string of the molecule is CCNc1nc(C)c([N+](=O)[O-])c(-n2nc(C)nc2C)n1. The Morgan fingerprint density at radius 3 is 2.45 bits per heavy atom. The lowest BCUT2D eigenvalue weighted by Crippen LogP contribution is -2.12. The number of anilines is 1. The molecule has 20 heavy (non-hydrogen) atoms. The van der Waals surface area contributed by atoms with E-state index in [0.29, 0.717) is 24.1 Å². The summed E-state index contributed by atoms with van der Waals surface area (Å²) in [4.78, 5) is 23.2.